The number of ether oxygens (including phenoxy) is 1. The van der Waals surface area contributed by atoms with Gasteiger partial charge in [-0.3, -0.25) is 0 Å². The van der Waals surface area contributed by atoms with E-state index in [-0.39, 0.29) is 0 Å². The molecule has 1 aliphatic rings. The number of nitrogens with one attached hydrogen (secondary N) is 1. The Bertz CT molecular complexity index is 870. The van der Waals surface area contributed by atoms with Crippen LogP contribution in [0.3, 0.4) is 0 Å². The van der Waals surface area contributed by atoms with Gasteiger partial charge in [0, 0.05) is 0 Å². The normalized spacial score (nSPS) is 11.2. The Morgan fingerprint density at radius 1 is 0.875 bits per heavy atom. The minimum Gasteiger partial charge on any atom is -0.453 e. The van der Waals surface area contributed by atoms with E-state index in [4.69, 9.17) is 42.9 Å². The number of anilines is 2. The quantitative estimate of drug-likeness (QED) is 0.345. The van der Waals surface area contributed by atoms with Crippen LogP contribution in [0.2, 0.25) is 10.0 Å². The Kier molecular flexibility index (Phi) is 4.38. The molecule has 4 rings (SSSR count). The van der Waals surface area contributed by atoms with E-state index < -0.39 is 6.16 Å². The SMILES string of the molecule is Clc1cc2cc3c(cc2cc1Cl)Oc1ccccc1N3.O=C(O)O. The van der Waals surface area contributed by atoms with Gasteiger partial charge in [-0.2, -0.15) is 0 Å². The fourth-order valence-corrected chi connectivity index (χ4v) is 2.72. The lowest BCUT2D eigenvalue weighted by atomic mass is 10.1. The summed E-state index contributed by atoms with van der Waals surface area (Å²) in [4.78, 5) is 8.56. The lowest BCUT2D eigenvalue weighted by molar-refractivity contribution is 0.137. The second-order valence-electron chi connectivity index (χ2n) is 4.97. The molecule has 1 heterocycles. The molecular formula is C17H11Cl2NO4. The summed E-state index contributed by atoms with van der Waals surface area (Å²) < 4.78 is 5.92. The predicted octanol–water partition coefficient (Wildman–Crippen LogP) is 6.22. The van der Waals surface area contributed by atoms with E-state index in [0.717, 1.165) is 33.6 Å². The number of hydrogen-bond donors (Lipinski definition) is 3. The summed E-state index contributed by atoms with van der Waals surface area (Å²) in [5.41, 5.74) is 1.88. The van der Waals surface area contributed by atoms with Gasteiger partial charge in [0.25, 0.3) is 0 Å². The van der Waals surface area contributed by atoms with Crippen molar-refractivity contribution < 1.29 is 19.7 Å². The van der Waals surface area contributed by atoms with Crippen molar-refractivity contribution in [1.82, 2.24) is 0 Å². The van der Waals surface area contributed by atoms with Crippen molar-refractivity contribution >= 4 is 51.5 Å². The lowest BCUT2D eigenvalue weighted by Gasteiger charge is -2.22. The van der Waals surface area contributed by atoms with Crippen LogP contribution in [-0.4, -0.2) is 16.4 Å². The van der Waals surface area contributed by atoms with Crippen LogP contribution in [0.15, 0.2) is 48.5 Å². The summed E-state index contributed by atoms with van der Waals surface area (Å²) in [5, 5.41) is 20.4. The Morgan fingerprint density at radius 2 is 1.46 bits per heavy atom. The molecule has 1 aliphatic heterocycles. The molecule has 0 saturated carbocycles. The van der Waals surface area contributed by atoms with Crippen molar-refractivity contribution in [3.8, 4) is 11.5 Å². The zero-order valence-corrected chi connectivity index (χ0v) is 13.6. The number of rotatable bonds is 0. The maximum absolute atomic E-state index is 8.56. The molecule has 3 aromatic rings. The standard InChI is InChI=1S/C16H9Cl2NO.CH2O3/c17-11-5-9-7-14-16(8-10(9)6-12(11)18)20-15-4-2-1-3-13(15)19-14;2-1(3)4/h1-8,19H;(H2,2,3,4). The van der Waals surface area contributed by atoms with Gasteiger partial charge in [0.05, 0.1) is 21.4 Å². The van der Waals surface area contributed by atoms with E-state index in [0.29, 0.717) is 10.0 Å². The summed E-state index contributed by atoms with van der Waals surface area (Å²) in [6.45, 7) is 0. The number of fused-ring (bicyclic) bond motifs is 3. The van der Waals surface area contributed by atoms with Gasteiger partial charge in [0.1, 0.15) is 0 Å². The van der Waals surface area contributed by atoms with Gasteiger partial charge in [-0.15, -0.1) is 0 Å². The summed E-state index contributed by atoms with van der Waals surface area (Å²) in [6.07, 6.45) is -1.83. The molecule has 0 radical (unpaired) electrons. The highest BCUT2D eigenvalue weighted by Gasteiger charge is 2.17. The summed E-state index contributed by atoms with van der Waals surface area (Å²) in [7, 11) is 0. The molecule has 0 fully saturated rings. The molecule has 122 valence electrons. The Balaban J connectivity index is 0.000000383. The molecule has 7 heteroatoms. The monoisotopic (exact) mass is 363 g/mol. The average Bonchev–Trinajstić information content (AvgIpc) is 2.52. The average molecular weight is 364 g/mol. The predicted molar refractivity (Wildman–Crippen MR) is 94.4 cm³/mol. The number of carbonyl (C=O) groups is 1. The first-order valence-corrected chi connectivity index (χ1v) is 7.58. The molecule has 0 atom stereocenters. The van der Waals surface area contributed by atoms with Crippen LogP contribution in [0, 0.1) is 0 Å². The molecule has 0 spiro atoms. The van der Waals surface area contributed by atoms with Crippen LogP contribution in [0.1, 0.15) is 0 Å². The first-order valence-electron chi connectivity index (χ1n) is 6.82. The van der Waals surface area contributed by atoms with E-state index in [1.807, 2.05) is 48.5 Å². The minimum absolute atomic E-state index is 0.545. The molecule has 3 aromatic carbocycles. The zero-order valence-electron chi connectivity index (χ0n) is 12.1. The largest absolute Gasteiger partial charge is 0.503 e. The maximum Gasteiger partial charge on any atom is 0.503 e. The highest BCUT2D eigenvalue weighted by Crippen LogP contribution is 2.44. The second-order valence-corrected chi connectivity index (χ2v) is 5.78. The summed E-state index contributed by atoms with van der Waals surface area (Å²) in [6, 6.07) is 15.5. The van der Waals surface area contributed by atoms with Crippen LogP contribution in [0.4, 0.5) is 16.2 Å². The third-order valence-corrected chi connectivity index (χ3v) is 4.08. The molecule has 0 unspecified atom stereocenters. The van der Waals surface area contributed by atoms with Gasteiger partial charge < -0.3 is 20.3 Å². The smallest absolute Gasteiger partial charge is 0.453 e. The van der Waals surface area contributed by atoms with Crippen LogP contribution in [0.25, 0.3) is 10.8 Å². The number of benzene rings is 3. The first kappa shape index (κ1) is 16.2. The van der Waals surface area contributed by atoms with Gasteiger partial charge in [-0.25, -0.2) is 4.79 Å². The molecule has 3 N–H and O–H groups in total. The molecular weight excluding hydrogens is 353 g/mol. The van der Waals surface area contributed by atoms with E-state index in [9.17, 15) is 0 Å². The Labute approximate surface area is 147 Å². The molecule has 24 heavy (non-hydrogen) atoms. The van der Waals surface area contributed by atoms with E-state index in [1.54, 1.807) is 0 Å². The molecule has 5 nitrogen and oxygen atoms in total. The highest BCUT2D eigenvalue weighted by atomic mass is 35.5. The van der Waals surface area contributed by atoms with Gasteiger partial charge in [0.2, 0.25) is 0 Å². The van der Waals surface area contributed by atoms with Gasteiger partial charge in [-0.1, -0.05) is 35.3 Å². The third kappa shape index (κ3) is 3.32. The van der Waals surface area contributed by atoms with Gasteiger partial charge in [-0.05, 0) is 47.2 Å². The van der Waals surface area contributed by atoms with E-state index in [1.165, 1.54) is 0 Å². The topological polar surface area (TPSA) is 78.8 Å². The second kappa shape index (κ2) is 6.47. The van der Waals surface area contributed by atoms with Crippen LogP contribution >= 0.6 is 23.2 Å². The minimum atomic E-state index is -1.83. The zero-order chi connectivity index (χ0) is 17.3. The van der Waals surface area contributed by atoms with E-state index >= 15 is 0 Å². The van der Waals surface area contributed by atoms with Crippen molar-refractivity contribution in [1.29, 1.82) is 0 Å². The van der Waals surface area contributed by atoms with Gasteiger partial charge >= 0.3 is 6.16 Å². The molecule has 0 amide bonds. The fourth-order valence-electron chi connectivity index (χ4n) is 2.38. The first-order chi connectivity index (χ1) is 11.4. The van der Waals surface area contributed by atoms with Crippen LogP contribution in [-0.2, 0) is 0 Å². The molecule has 0 bridgehead atoms. The number of halogens is 2. The van der Waals surface area contributed by atoms with Crippen molar-refractivity contribution in [2.24, 2.45) is 0 Å². The van der Waals surface area contributed by atoms with Crippen molar-refractivity contribution in [2.75, 3.05) is 5.32 Å². The van der Waals surface area contributed by atoms with Crippen LogP contribution in [0.5, 0.6) is 11.5 Å². The number of carboxylic acid groups (broad SMARTS) is 2. The van der Waals surface area contributed by atoms with Crippen molar-refractivity contribution in [3.05, 3.63) is 58.6 Å². The summed E-state index contributed by atoms with van der Waals surface area (Å²) >= 11 is 12.1. The summed E-state index contributed by atoms with van der Waals surface area (Å²) in [5.74, 6) is 1.61. The third-order valence-electron chi connectivity index (χ3n) is 3.35. The molecule has 0 saturated heterocycles. The number of hydrogen-bond acceptors (Lipinski definition) is 3. The van der Waals surface area contributed by atoms with Crippen molar-refractivity contribution in [3.63, 3.8) is 0 Å². The van der Waals surface area contributed by atoms with Gasteiger partial charge in [0.15, 0.2) is 11.5 Å². The fraction of sp³-hybridized carbons (Fsp3) is 0. The molecule has 0 aromatic heterocycles. The lowest BCUT2D eigenvalue weighted by Crippen LogP contribution is -2.02. The van der Waals surface area contributed by atoms with E-state index in [2.05, 4.69) is 5.32 Å². The molecule has 0 aliphatic carbocycles. The van der Waals surface area contributed by atoms with Crippen LogP contribution < -0.4 is 10.1 Å². The number of para-hydroxylation sites is 2. The Morgan fingerprint density at radius 3 is 2.12 bits per heavy atom. The van der Waals surface area contributed by atoms with Crippen molar-refractivity contribution in [2.45, 2.75) is 0 Å². The highest BCUT2D eigenvalue weighted by molar-refractivity contribution is 6.42. The Hall–Kier alpha value is -2.63. The maximum atomic E-state index is 8.56.